The molecule has 0 aliphatic rings. The van der Waals surface area contributed by atoms with E-state index in [4.69, 9.17) is 4.74 Å². The first-order chi connectivity index (χ1) is 9.06. The SMILES string of the molecule is Cc1[nH]nc(NC(=O)COc2cccc(Br)c2)c1C. The minimum absolute atomic E-state index is 0.0538. The van der Waals surface area contributed by atoms with E-state index in [2.05, 4.69) is 31.4 Å². The minimum atomic E-state index is -0.241. The number of H-pyrrole nitrogens is 1. The number of carbonyl (C=O) groups excluding carboxylic acids is 1. The number of hydrogen-bond donors (Lipinski definition) is 2. The largest absolute Gasteiger partial charge is 0.484 e. The molecule has 2 rings (SSSR count). The summed E-state index contributed by atoms with van der Waals surface area (Å²) in [5.74, 6) is 0.939. The molecule has 1 heterocycles. The lowest BCUT2D eigenvalue weighted by Gasteiger charge is -2.06. The van der Waals surface area contributed by atoms with Crippen LogP contribution in [0.5, 0.6) is 5.75 Å². The molecule has 0 aliphatic heterocycles. The van der Waals surface area contributed by atoms with Gasteiger partial charge in [-0.3, -0.25) is 9.89 Å². The van der Waals surface area contributed by atoms with Gasteiger partial charge in [0, 0.05) is 15.7 Å². The van der Waals surface area contributed by atoms with Gasteiger partial charge in [0.15, 0.2) is 12.4 Å². The third kappa shape index (κ3) is 3.57. The molecule has 0 aliphatic carbocycles. The summed E-state index contributed by atoms with van der Waals surface area (Å²) in [5, 5.41) is 9.51. The van der Waals surface area contributed by atoms with E-state index in [9.17, 15) is 4.79 Å². The first kappa shape index (κ1) is 13.6. The molecular formula is C13H14BrN3O2. The maximum Gasteiger partial charge on any atom is 0.263 e. The number of halogens is 1. The van der Waals surface area contributed by atoms with Crippen molar-refractivity contribution in [2.45, 2.75) is 13.8 Å². The van der Waals surface area contributed by atoms with Crippen molar-refractivity contribution >= 4 is 27.7 Å². The number of anilines is 1. The van der Waals surface area contributed by atoms with Crippen molar-refractivity contribution in [1.82, 2.24) is 10.2 Å². The summed E-state index contributed by atoms with van der Waals surface area (Å²) in [7, 11) is 0. The molecule has 2 N–H and O–H groups in total. The number of amides is 1. The number of aromatic amines is 1. The van der Waals surface area contributed by atoms with Crippen molar-refractivity contribution in [3.05, 3.63) is 40.0 Å². The Balaban J connectivity index is 1.90. The van der Waals surface area contributed by atoms with Crippen molar-refractivity contribution in [3.8, 4) is 5.75 Å². The van der Waals surface area contributed by atoms with Gasteiger partial charge in [-0.2, -0.15) is 5.10 Å². The highest BCUT2D eigenvalue weighted by Crippen LogP contribution is 2.18. The van der Waals surface area contributed by atoms with Crippen LogP contribution in [0, 0.1) is 13.8 Å². The van der Waals surface area contributed by atoms with Gasteiger partial charge < -0.3 is 10.1 Å². The number of aromatic nitrogens is 2. The number of nitrogens with one attached hydrogen (secondary N) is 2. The van der Waals surface area contributed by atoms with Gasteiger partial charge in [-0.15, -0.1) is 0 Å². The van der Waals surface area contributed by atoms with Crippen LogP contribution in [0.15, 0.2) is 28.7 Å². The normalized spacial score (nSPS) is 10.3. The summed E-state index contributed by atoms with van der Waals surface area (Å²) in [5.41, 5.74) is 1.86. The number of nitrogens with zero attached hydrogens (tertiary/aromatic N) is 1. The molecule has 5 nitrogen and oxygen atoms in total. The van der Waals surface area contributed by atoms with E-state index in [1.807, 2.05) is 26.0 Å². The summed E-state index contributed by atoms with van der Waals surface area (Å²) in [6, 6.07) is 7.33. The fourth-order valence-corrected chi connectivity index (χ4v) is 1.86. The first-order valence-corrected chi connectivity index (χ1v) is 6.55. The van der Waals surface area contributed by atoms with Gasteiger partial charge in [0.25, 0.3) is 5.91 Å². The van der Waals surface area contributed by atoms with Gasteiger partial charge in [0.2, 0.25) is 0 Å². The number of rotatable bonds is 4. The van der Waals surface area contributed by atoms with Gasteiger partial charge in [-0.05, 0) is 32.0 Å². The van der Waals surface area contributed by atoms with Crippen LogP contribution in [-0.2, 0) is 4.79 Å². The Morgan fingerprint density at radius 2 is 2.26 bits per heavy atom. The highest BCUT2D eigenvalue weighted by molar-refractivity contribution is 9.10. The molecule has 1 amide bonds. The predicted octanol–water partition coefficient (Wildman–Crippen LogP) is 2.81. The molecule has 6 heteroatoms. The van der Waals surface area contributed by atoms with Crippen LogP contribution in [0.3, 0.4) is 0 Å². The van der Waals surface area contributed by atoms with Crippen LogP contribution in [-0.4, -0.2) is 22.7 Å². The third-order valence-electron chi connectivity index (χ3n) is 2.68. The lowest BCUT2D eigenvalue weighted by atomic mass is 10.3. The molecule has 2 aromatic rings. The van der Waals surface area contributed by atoms with Crippen molar-refractivity contribution in [2.24, 2.45) is 0 Å². The van der Waals surface area contributed by atoms with E-state index in [0.29, 0.717) is 11.6 Å². The van der Waals surface area contributed by atoms with Gasteiger partial charge in [-0.25, -0.2) is 0 Å². The van der Waals surface area contributed by atoms with E-state index < -0.39 is 0 Å². The molecule has 19 heavy (non-hydrogen) atoms. The van der Waals surface area contributed by atoms with E-state index in [1.165, 1.54) is 0 Å². The summed E-state index contributed by atoms with van der Waals surface area (Å²) in [6.45, 7) is 3.74. The Morgan fingerprint density at radius 1 is 1.47 bits per heavy atom. The van der Waals surface area contributed by atoms with Crippen LogP contribution in [0.1, 0.15) is 11.3 Å². The molecule has 0 unspecified atom stereocenters. The predicted molar refractivity (Wildman–Crippen MR) is 76.3 cm³/mol. The van der Waals surface area contributed by atoms with Crippen LogP contribution >= 0.6 is 15.9 Å². The number of ether oxygens (including phenoxy) is 1. The Kier molecular flexibility index (Phi) is 4.21. The summed E-state index contributed by atoms with van der Waals surface area (Å²) >= 11 is 3.34. The summed E-state index contributed by atoms with van der Waals surface area (Å²) < 4.78 is 6.29. The van der Waals surface area contributed by atoms with E-state index in [0.717, 1.165) is 15.7 Å². The second-order valence-electron chi connectivity index (χ2n) is 4.12. The standard InChI is InChI=1S/C13H14BrN3O2/c1-8-9(2)16-17-13(8)15-12(18)7-19-11-5-3-4-10(14)6-11/h3-6H,7H2,1-2H3,(H2,15,16,17,18). The number of carbonyl (C=O) groups is 1. The van der Waals surface area contributed by atoms with Gasteiger partial charge in [0.05, 0.1) is 0 Å². The Morgan fingerprint density at radius 3 is 2.89 bits per heavy atom. The lowest BCUT2D eigenvalue weighted by Crippen LogP contribution is -2.20. The third-order valence-corrected chi connectivity index (χ3v) is 3.17. The molecular weight excluding hydrogens is 310 g/mol. The number of hydrogen-bond acceptors (Lipinski definition) is 3. The molecule has 0 bridgehead atoms. The molecule has 0 saturated carbocycles. The van der Waals surface area contributed by atoms with Gasteiger partial charge >= 0.3 is 0 Å². The van der Waals surface area contributed by atoms with Crippen molar-refractivity contribution in [1.29, 1.82) is 0 Å². The van der Waals surface area contributed by atoms with Crippen molar-refractivity contribution in [2.75, 3.05) is 11.9 Å². The average Bonchev–Trinajstić information content (AvgIpc) is 2.69. The molecule has 100 valence electrons. The van der Waals surface area contributed by atoms with Gasteiger partial charge in [0.1, 0.15) is 5.75 Å². The fraction of sp³-hybridized carbons (Fsp3) is 0.231. The van der Waals surface area contributed by atoms with Crippen LogP contribution in [0.25, 0.3) is 0 Å². The molecule has 0 saturated heterocycles. The average molecular weight is 324 g/mol. The quantitative estimate of drug-likeness (QED) is 0.909. The Labute approximate surface area is 119 Å². The first-order valence-electron chi connectivity index (χ1n) is 5.76. The maximum absolute atomic E-state index is 11.7. The maximum atomic E-state index is 11.7. The zero-order valence-electron chi connectivity index (χ0n) is 10.7. The monoisotopic (exact) mass is 323 g/mol. The second-order valence-corrected chi connectivity index (χ2v) is 5.03. The zero-order chi connectivity index (χ0) is 13.8. The molecule has 1 aromatic carbocycles. The number of aryl methyl sites for hydroxylation is 1. The highest BCUT2D eigenvalue weighted by Gasteiger charge is 2.09. The summed E-state index contributed by atoms with van der Waals surface area (Å²) in [4.78, 5) is 11.7. The topological polar surface area (TPSA) is 67.0 Å². The second kappa shape index (κ2) is 5.88. The van der Waals surface area contributed by atoms with E-state index in [1.54, 1.807) is 12.1 Å². The fourth-order valence-electron chi connectivity index (χ4n) is 1.48. The highest BCUT2D eigenvalue weighted by atomic mass is 79.9. The summed E-state index contributed by atoms with van der Waals surface area (Å²) in [6.07, 6.45) is 0. The van der Waals surface area contributed by atoms with Crippen molar-refractivity contribution < 1.29 is 9.53 Å². The van der Waals surface area contributed by atoms with Crippen LogP contribution in [0.4, 0.5) is 5.82 Å². The van der Waals surface area contributed by atoms with E-state index >= 15 is 0 Å². The van der Waals surface area contributed by atoms with Crippen LogP contribution in [0.2, 0.25) is 0 Å². The minimum Gasteiger partial charge on any atom is -0.484 e. The molecule has 0 spiro atoms. The zero-order valence-corrected chi connectivity index (χ0v) is 12.2. The molecule has 0 radical (unpaired) electrons. The van der Waals surface area contributed by atoms with Crippen molar-refractivity contribution in [3.63, 3.8) is 0 Å². The molecule has 0 atom stereocenters. The Bertz CT molecular complexity index is 595. The van der Waals surface area contributed by atoms with Crippen LogP contribution < -0.4 is 10.1 Å². The molecule has 0 fully saturated rings. The Hall–Kier alpha value is -1.82. The van der Waals surface area contributed by atoms with E-state index in [-0.39, 0.29) is 12.5 Å². The number of benzene rings is 1. The lowest BCUT2D eigenvalue weighted by molar-refractivity contribution is -0.118. The van der Waals surface area contributed by atoms with Gasteiger partial charge in [-0.1, -0.05) is 22.0 Å². The molecule has 1 aromatic heterocycles. The smallest absolute Gasteiger partial charge is 0.263 e.